The molecule has 32 heavy (non-hydrogen) atoms. The highest BCUT2D eigenvalue weighted by atomic mass is 19.4. The molecule has 0 radical (unpaired) electrons. The van der Waals surface area contributed by atoms with Crippen molar-refractivity contribution in [2.24, 2.45) is 0 Å². The van der Waals surface area contributed by atoms with E-state index in [9.17, 15) is 22.8 Å². The molecule has 0 saturated carbocycles. The Hall–Kier alpha value is -3.07. The van der Waals surface area contributed by atoms with Crippen molar-refractivity contribution in [3.63, 3.8) is 0 Å². The second-order valence-electron chi connectivity index (χ2n) is 8.31. The van der Waals surface area contributed by atoms with Crippen LogP contribution in [0.15, 0.2) is 48.5 Å². The van der Waals surface area contributed by atoms with Gasteiger partial charge in [0.15, 0.2) is 0 Å². The zero-order chi connectivity index (χ0) is 22.7. The van der Waals surface area contributed by atoms with Gasteiger partial charge in [0.25, 0.3) is 5.91 Å². The lowest BCUT2D eigenvalue weighted by Crippen LogP contribution is -2.50. The Balaban J connectivity index is 1.36. The minimum absolute atomic E-state index is 0.105. The van der Waals surface area contributed by atoms with Crippen LogP contribution in [0.25, 0.3) is 0 Å². The number of piperidine rings is 1. The summed E-state index contributed by atoms with van der Waals surface area (Å²) in [6.45, 7) is -0.171. The number of para-hydroxylation sites is 1. The van der Waals surface area contributed by atoms with Crippen LogP contribution in [0.4, 0.5) is 24.5 Å². The summed E-state index contributed by atoms with van der Waals surface area (Å²) in [5.41, 5.74) is 0.00287. The summed E-state index contributed by atoms with van der Waals surface area (Å²) < 4.78 is 38.9. The highest BCUT2D eigenvalue weighted by Crippen LogP contribution is 2.32. The van der Waals surface area contributed by atoms with E-state index in [1.165, 1.54) is 12.1 Å². The summed E-state index contributed by atoms with van der Waals surface area (Å²) in [6.07, 6.45) is -0.428. The number of rotatable bonds is 6. The Morgan fingerprint density at radius 3 is 2.44 bits per heavy atom. The third-order valence-electron chi connectivity index (χ3n) is 5.89. The summed E-state index contributed by atoms with van der Waals surface area (Å²) >= 11 is 0. The van der Waals surface area contributed by atoms with E-state index in [2.05, 4.69) is 21.3 Å². The number of amides is 2. The Kier molecular flexibility index (Phi) is 6.36. The first kappa shape index (κ1) is 22.1. The van der Waals surface area contributed by atoms with Crippen molar-refractivity contribution in [2.75, 3.05) is 11.9 Å². The van der Waals surface area contributed by atoms with Crippen LogP contribution in [0.2, 0.25) is 0 Å². The molecule has 0 spiro atoms. The van der Waals surface area contributed by atoms with Crippen molar-refractivity contribution >= 4 is 23.2 Å². The van der Waals surface area contributed by atoms with E-state index in [1.54, 1.807) is 24.3 Å². The van der Waals surface area contributed by atoms with Crippen LogP contribution in [0.3, 0.4) is 0 Å². The van der Waals surface area contributed by atoms with E-state index in [4.69, 9.17) is 0 Å². The number of nitrogens with one attached hydrogen (secondary N) is 4. The van der Waals surface area contributed by atoms with Crippen LogP contribution >= 0.6 is 0 Å². The maximum Gasteiger partial charge on any atom is 0.416 e. The van der Waals surface area contributed by atoms with Crippen molar-refractivity contribution in [1.82, 2.24) is 16.0 Å². The minimum atomic E-state index is -4.46. The topological polar surface area (TPSA) is 82.3 Å². The normalized spacial score (nSPS) is 22.3. The SMILES string of the molecule is O=C(CNC(=O)c1ccccc1Nc1cccc(C(F)(F)F)c1)N[C@@H]1C[C@H]2CC[C@@H](C1)N2. The van der Waals surface area contributed by atoms with Crippen LogP contribution in [0, 0.1) is 0 Å². The molecule has 9 heteroatoms. The monoisotopic (exact) mass is 446 g/mol. The number of hydrogen-bond acceptors (Lipinski definition) is 4. The molecule has 6 nitrogen and oxygen atoms in total. The number of carbonyl (C=O) groups is 2. The van der Waals surface area contributed by atoms with Crippen LogP contribution in [0.5, 0.6) is 0 Å². The van der Waals surface area contributed by atoms with Gasteiger partial charge in [0.1, 0.15) is 0 Å². The fraction of sp³-hybridized carbons (Fsp3) is 0.391. The summed E-state index contributed by atoms with van der Waals surface area (Å²) in [5, 5.41) is 12.0. The molecule has 2 saturated heterocycles. The number of alkyl halides is 3. The van der Waals surface area contributed by atoms with E-state index in [-0.39, 0.29) is 29.7 Å². The van der Waals surface area contributed by atoms with E-state index < -0.39 is 17.6 Å². The van der Waals surface area contributed by atoms with Gasteiger partial charge < -0.3 is 21.3 Å². The van der Waals surface area contributed by atoms with Crippen LogP contribution < -0.4 is 21.3 Å². The molecule has 2 aromatic carbocycles. The summed E-state index contributed by atoms with van der Waals surface area (Å²) in [5.74, 6) is -0.742. The van der Waals surface area contributed by atoms with Crippen LogP contribution in [-0.4, -0.2) is 36.5 Å². The van der Waals surface area contributed by atoms with Gasteiger partial charge in [0.2, 0.25) is 5.91 Å². The third-order valence-corrected chi connectivity index (χ3v) is 5.89. The molecule has 3 atom stereocenters. The average Bonchev–Trinajstić information content (AvgIpc) is 3.10. The van der Waals surface area contributed by atoms with Gasteiger partial charge in [-0.1, -0.05) is 18.2 Å². The average molecular weight is 446 g/mol. The molecule has 2 aliphatic rings. The number of anilines is 2. The lowest BCUT2D eigenvalue weighted by Gasteiger charge is -2.29. The molecule has 2 fully saturated rings. The lowest BCUT2D eigenvalue weighted by molar-refractivity contribution is -0.137. The van der Waals surface area contributed by atoms with Gasteiger partial charge >= 0.3 is 6.18 Å². The Morgan fingerprint density at radius 1 is 1.00 bits per heavy atom. The Labute approximate surface area is 184 Å². The van der Waals surface area contributed by atoms with Gasteiger partial charge in [-0.2, -0.15) is 13.2 Å². The quantitative estimate of drug-likeness (QED) is 0.547. The number of benzene rings is 2. The fourth-order valence-corrected chi connectivity index (χ4v) is 4.43. The molecule has 170 valence electrons. The molecule has 0 aromatic heterocycles. The first-order chi connectivity index (χ1) is 15.3. The molecule has 2 heterocycles. The van der Waals surface area contributed by atoms with Crippen molar-refractivity contribution in [1.29, 1.82) is 0 Å². The fourth-order valence-electron chi connectivity index (χ4n) is 4.43. The van der Waals surface area contributed by atoms with Crippen molar-refractivity contribution in [3.8, 4) is 0 Å². The highest BCUT2D eigenvalue weighted by Gasteiger charge is 2.34. The van der Waals surface area contributed by atoms with E-state index in [0.29, 0.717) is 17.8 Å². The van der Waals surface area contributed by atoms with Crippen molar-refractivity contribution in [2.45, 2.75) is 50.0 Å². The molecule has 0 aliphatic carbocycles. The molecule has 2 amide bonds. The number of halogens is 3. The zero-order valence-corrected chi connectivity index (χ0v) is 17.3. The van der Waals surface area contributed by atoms with Crippen molar-refractivity contribution in [3.05, 3.63) is 59.7 Å². The van der Waals surface area contributed by atoms with Crippen LogP contribution in [0.1, 0.15) is 41.6 Å². The summed E-state index contributed by atoms with van der Waals surface area (Å²) in [4.78, 5) is 25.0. The second kappa shape index (κ2) is 9.20. The Morgan fingerprint density at radius 2 is 1.72 bits per heavy atom. The molecule has 4 rings (SSSR count). The number of hydrogen-bond donors (Lipinski definition) is 4. The molecule has 2 bridgehead atoms. The molecule has 4 N–H and O–H groups in total. The van der Waals surface area contributed by atoms with Crippen LogP contribution in [-0.2, 0) is 11.0 Å². The molecule has 2 aliphatic heterocycles. The zero-order valence-electron chi connectivity index (χ0n) is 17.3. The predicted octanol–water partition coefficient (Wildman–Crippen LogP) is 3.58. The summed E-state index contributed by atoms with van der Waals surface area (Å²) in [6, 6.07) is 12.2. The predicted molar refractivity (Wildman–Crippen MR) is 115 cm³/mol. The van der Waals surface area contributed by atoms with Gasteiger partial charge in [0, 0.05) is 23.8 Å². The first-order valence-corrected chi connectivity index (χ1v) is 10.6. The number of carbonyl (C=O) groups excluding carboxylic acids is 2. The standard InChI is InChI=1S/C23H25F3N4O2/c24-23(25,26)14-4-3-5-15(10-14)29-20-7-2-1-6-19(20)22(32)27-13-21(31)30-18-11-16-8-9-17(12-18)28-16/h1-7,10,16-18,28-29H,8-9,11-13H2,(H,27,32)(H,30,31)/t16-,17+,18-. The van der Waals surface area contributed by atoms with E-state index >= 15 is 0 Å². The Bertz CT molecular complexity index is 983. The molecular weight excluding hydrogens is 421 g/mol. The van der Waals surface area contributed by atoms with Crippen molar-refractivity contribution < 1.29 is 22.8 Å². The molecule has 0 unspecified atom stereocenters. The van der Waals surface area contributed by atoms with Gasteiger partial charge in [-0.15, -0.1) is 0 Å². The minimum Gasteiger partial charge on any atom is -0.355 e. The van der Waals surface area contributed by atoms with Gasteiger partial charge in [-0.3, -0.25) is 9.59 Å². The first-order valence-electron chi connectivity index (χ1n) is 10.6. The van der Waals surface area contributed by atoms with E-state index in [1.807, 2.05) is 0 Å². The summed E-state index contributed by atoms with van der Waals surface area (Å²) in [7, 11) is 0. The second-order valence-corrected chi connectivity index (χ2v) is 8.31. The maximum atomic E-state index is 13.0. The largest absolute Gasteiger partial charge is 0.416 e. The van der Waals surface area contributed by atoms with Gasteiger partial charge in [-0.25, -0.2) is 0 Å². The lowest BCUT2D eigenvalue weighted by atomic mass is 10.00. The maximum absolute atomic E-state index is 13.0. The highest BCUT2D eigenvalue weighted by molar-refractivity contribution is 6.01. The third kappa shape index (κ3) is 5.40. The van der Waals surface area contributed by atoms with Gasteiger partial charge in [0.05, 0.1) is 23.4 Å². The number of fused-ring (bicyclic) bond motifs is 2. The van der Waals surface area contributed by atoms with E-state index in [0.717, 1.165) is 37.8 Å². The van der Waals surface area contributed by atoms with Gasteiger partial charge in [-0.05, 0) is 56.0 Å². The smallest absolute Gasteiger partial charge is 0.355 e. The molecule has 2 aromatic rings. The molecular formula is C23H25F3N4O2.